The van der Waals surface area contributed by atoms with Crippen LogP contribution in [0, 0.1) is 17.7 Å². The van der Waals surface area contributed by atoms with E-state index < -0.39 is 47.7 Å². The van der Waals surface area contributed by atoms with Crippen LogP contribution in [0.4, 0.5) is 26.3 Å². The van der Waals surface area contributed by atoms with Crippen molar-refractivity contribution in [2.24, 2.45) is 0 Å². The summed E-state index contributed by atoms with van der Waals surface area (Å²) in [6.07, 6.45) is -6.89. The van der Waals surface area contributed by atoms with Crippen LogP contribution in [0.3, 0.4) is 0 Å². The summed E-state index contributed by atoms with van der Waals surface area (Å²) < 4.78 is 77.2. The number of rotatable bonds is 5. The number of pyridine rings is 1. The molecule has 0 unspecified atom stereocenters. The zero-order valence-corrected chi connectivity index (χ0v) is 17.9. The molecule has 0 aliphatic carbocycles. The molecule has 0 radical (unpaired) electrons. The van der Waals surface area contributed by atoms with Crippen LogP contribution in [0.2, 0.25) is 4.34 Å². The molecule has 3 heterocycles. The molecule has 0 saturated carbocycles. The standard InChI is InChI=1S/C19H9ClF6N2O2S2/c20-16-10(1-2-11-8-31-18(27-11)19(24,25)26)5-14(32-16)13(29)4-9-3-12(21)17(30)28(6-9)7-15(22)23/h3,5-6,8,15H,4,7H2. The van der Waals surface area contributed by atoms with Crippen molar-refractivity contribution in [1.82, 2.24) is 9.55 Å². The van der Waals surface area contributed by atoms with Crippen LogP contribution in [-0.4, -0.2) is 21.8 Å². The molecular weight excluding hydrogens is 502 g/mol. The van der Waals surface area contributed by atoms with Crippen molar-refractivity contribution in [2.45, 2.75) is 25.6 Å². The highest BCUT2D eigenvalue weighted by Crippen LogP contribution is 2.32. The fraction of sp³-hybridized carbons (Fsp3) is 0.211. The smallest absolute Gasteiger partial charge is 0.307 e. The summed E-state index contributed by atoms with van der Waals surface area (Å²) in [5, 5.41) is 0.0832. The highest BCUT2D eigenvalue weighted by Gasteiger charge is 2.34. The first-order chi connectivity index (χ1) is 14.9. The monoisotopic (exact) mass is 510 g/mol. The van der Waals surface area contributed by atoms with Crippen molar-refractivity contribution in [1.29, 1.82) is 0 Å². The number of nitrogens with zero attached hydrogens (tertiary/aromatic N) is 2. The van der Waals surface area contributed by atoms with Gasteiger partial charge in [0.15, 0.2) is 16.6 Å². The highest BCUT2D eigenvalue weighted by molar-refractivity contribution is 7.18. The molecule has 13 heteroatoms. The van der Waals surface area contributed by atoms with Gasteiger partial charge < -0.3 is 4.57 Å². The second-order valence-electron chi connectivity index (χ2n) is 6.23. The number of ketones is 1. The van der Waals surface area contributed by atoms with Crippen LogP contribution in [0.25, 0.3) is 0 Å². The highest BCUT2D eigenvalue weighted by atomic mass is 35.5. The van der Waals surface area contributed by atoms with Crippen LogP contribution >= 0.6 is 34.3 Å². The number of carbonyl (C=O) groups is 1. The molecule has 3 rings (SSSR count). The van der Waals surface area contributed by atoms with E-state index in [1.165, 1.54) is 6.07 Å². The molecule has 3 aromatic rings. The number of hydrogen-bond acceptors (Lipinski definition) is 5. The lowest BCUT2D eigenvalue weighted by atomic mass is 10.1. The van der Waals surface area contributed by atoms with Crippen molar-refractivity contribution in [3.05, 3.63) is 70.9 Å². The predicted octanol–water partition coefficient (Wildman–Crippen LogP) is 5.27. The van der Waals surface area contributed by atoms with Crippen LogP contribution in [0.15, 0.2) is 28.5 Å². The van der Waals surface area contributed by atoms with E-state index in [-0.39, 0.29) is 26.0 Å². The molecule has 32 heavy (non-hydrogen) atoms. The molecule has 3 aromatic heterocycles. The van der Waals surface area contributed by atoms with Crippen molar-refractivity contribution in [2.75, 3.05) is 0 Å². The van der Waals surface area contributed by atoms with E-state index in [0.29, 0.717) is 15.9 Å². The molecule has 0 N–H and O–H groups in total. The molecule has 0 atom stereocenters. The Hall–Kier alpha value is -2.62. The van der Waals surface area contributed by atoms with Crippen LogP contribution in [0.1, 0.15) is 31.5 Å². The summed E-state index contributed by atoms with van der Waals surface area (Å²) in [5.41, 5.74) is -1.16. The second-order valence-corrected chi connectivity index (χ2v) is 8.74. The molecule has 0 amide bonds. The van der Waals surface area contributed by atoms with Gasteiger partial charge in [-0.25, -0.2) is 18.2 Å². The lowest BCUT2D eigenvalue weighted by Gasteiger charge is -2.08. The maximum atomic E-state index is 13.7. The third-order valence-corrected chi connectivity index (χ3v) is 6.12. The van der Waals surface area contributed by atoms with Crippen LogP contribution in [0.5, 0.6) is 0 Å². The fourth-order valence-corrected chi connectivity index (χ4v) is 4.24. The Bertz CT molecular complexity index is 1280. The number of thiazole rings is 1. The van der Waals surface area contributed by atoms with Gasteiger partial charge in [0.2, 0.25) is 0 Å². The minimum Gasteiger partial charge on any atom is -0.307 e. The Morgan fingerprint density at radius 1 is 1.25 bits per heavy atom. The summed E-state index contributed by atoms with van der Waals surface area (Å²) >= 11 is 7.27. The maximum absolute atomic E-state index is 13.7. The summed E-state index contributed by atoms with van der Waals surface area (Å²) in [6, 6.07) is 2.10. The lowest BCUT2D eigenvalue weighted by Crippen LogP contribution is -2.26. The summed E-state index contributed by atoms with van der Waals surface area (Å²) in [6.45, 7) is -1.02. The average molecular weight is 511 g/mol. The molecule has 0 aliphatic heterocycles. The zero-order chi connectivity index (χ0) is 23.6. The number of alkyl halides is 5. The van der Waals surface area contributed by atoms with E-state index in [0.717, 1.165) is 29.0 Å². The van der Waals surface area contributed by atoms with Gasteiger partial charge in [-0.1, -0.05) is 17.5 Å². The Morgan fingerprint density at radius 2 is 1.97 bits per heavy atom. The molecule has 0 aromatic carbocycles. The Labute approximate surface area is 189 Å². The molecule has 0 bridgehead atoms. The van der Waals surface area contributed by atoms with Crippen LogP contribution in [-0.2, 0) is 19.1 Å². The normalized spacial score (nSPS) is 11.5. The number of thiophene rings is 1. The topological polar surface area (TPSA) is 52.0 Å². The second kappa shape index (κ2) is 9.48. The van der Waals surface area contributed by atoms with Gasteiger partial charge in [0.25, 0.3) is 12.0 Å². The van der Waals surface area contributed by atoms with Gasteiger partial charge in [-0.05, 0) is 23.6 Å². The zero-order valence-electron chi connectivity index (χ0n) is 15.5. The SMILES string of the molecule is O=C(Cc1cc(F)c(=O)n(CC(F)F)c1)c1cc(C#Cc2csc(C(F)(F)F)n2)c(Cl)s1. The Balaban J connectivity index is 1.79. The molecule has 4 nitrogen and oxygen atoms in total. The number of Topliss-reactive ketones (excluding diaryl/α,β-unsaturated/α-hetero) is 1. The van der Waals surface area contributed by atoms with Crippen molar-refractivity contribution in [3.63, 3.8) is 0 Å². The maximum Gasteiger partial charge on any atom is 0.443 e. The summed E-state index contributed by atoms with van der Waals surface area (Å²) in [5.74, 6) is 3.17. The van der Waals surface area contributed by atoms with E-state index in [9.17, 15) is 35.9 Å². The van der Waals surface area contributed by atoms with Crippen molar-refractivity contribution >= 4 is 40.1 Å². The number of carbonyl (C=O) groups excluding carboxylic acids is 1. The number of aromatic nitrogens is 2. The van der Waals surface area contributed by atoms with Gasteiger partial charge in [0.05, 0.1) is 17.0 Å². The van der Waals surface area contributed by atoms with Gasteiger partial charge in [-0.15, -0.1) is 22.7 Å². The first-order valence-corrected chi connectivity index (χ1v) is 10.6. The van der Waals surface area contributed by atoms with Gasteiger partial charge in [-0.2, -0.15) is 13.2 Å². The van der Waals surface area contributed by atoms with E-state index >= 15 is 0 Å². The average Bonchev–Trinajstić information content (AvgIpc) is 3.30. The third kappa shape index (κ3) is 5.79. The van der Waals surface area contributed by atoms with Gasteiger partial charge in [0, 0.05) is 18.0 Å². The van der Waals surface area contributed by atoms with Crippen molar-refractivity contribution < 1.29 is 31.1 Å². The van der Waals surface area contributed by atoms with Gasteiger partial charge in [0.1, 0.15) is 10.0 Å². The summed E-state index contributed by atoms with van der Waals surface area (Å²) in [7, 11) is 0. The molecule has 0 saturated heterocycles. The van der Waals surface area contributed by atoms with Gasteiger partial charge in [-0.3, -0.25) is 9.59 Å². The third-order valence-electron chi connectivity index (χ3n) is 3.83. The van der Waals surface area contributed by atoms with Crippen LogP contribution < -0.4 is 5.56 Å². The van der Waals surface area contributed by atoms with Gasteiger partial charge >= 0.3 is 6.18 Å². The number of hydrogen-bond donors (Lipinski definition) is 0. The molecule has 0 aliphatic rings. The van der Waals surface area contributed by atoms with Crippen molar-refractivity contribution in [3.8, 4) is 11.8 Å². The Morgan fingerprint density at radius 3 is 2.59 bits per heavy atom. The number of halogens is 7. The molecule has 0 fully saturated rings. The molecular formula is C19H9ClF6N2O2S2. The molecule has 0 spiro atoms. The minimum absolute atomic E-state index is 0.00654. The van der Waals surface area contributed by atoms with E-state index in [2.05, 4.69) is 16.8 Å². The van der Waals surface area contributed by atoms with E-state index in [4.69, 9.17) is 11.6 Å². The predicted molar refractivity (Wildman–Crippen MR) is 107 cm³/mol. The lowest BCUT2D eigenvalue weighted by molar-refractivity contribution is -0.137. The van der Waals surface area contributed by atoms with E-state index in [1.54, 1.807) is 0 Å². The van der Waals surface area contributed by atoms with E-state index in [1.807, 2.05) is 0 Å². The summed E-state index contributed by atoms with van der Waals surface area (Å²) in [4.78, 5) is 27.6. The first kappa shape index (κ1) is 24.0. The Kier molecular flexibility index (Phi) is 7.12. The fourth-order valence-electron chi connectivity index (χ4n) is 2.50. The first-order valence-electron chi connectivity index (χ1n) is 8.48. The largest absolute Gasteiger partial charge is 0.443 e. The quantitative estimate of drug-likeness (QED) is 0.267. The molecule has 168 valence electrons. The minimum atomic E-state index is -4.58.